The molecule has 6 nitrogen and oxygen atoms in total. The first-order chi connectivity index (χ1) is 13.4. The molecule has 1 unspecified atom stereocenters. The summed E-state index contributed by atoms with van der Waals surface area (Å²) in [4.78, 5) is 14.9. The topological polar surface area (TPSA) is 78.5 Å². The van der Waals surface area contributed by atoms with E-state index in [1.807, 2.05) is 19.1 Å². The number of rotatable bonds is 7. The highest BCUT2D eigenvalue weighted by Crippen LogP contribution is 2.18. The van der Waals surface area contributed by atoms with Crippen LogP contribution in [0.1, 0.15) is 35.7 Å². The zero-order valence-electron chi connectivity index (χ0n) is 16.3. The van der Waals surface area contributed by atoms with Crippen LogP contribution >= 0.6 is 0 Å². The molecule has 0 bridgehead atoms. The van der Waals surface area contributed by atoms with Crippen molar-refractivity contribution >= 4 is 21.6 Å². The molecule has 28 heavy (non-hydrogen) atoms. The summed E-state index contributed by atoms with van der Waals surface area (Å²) in [5.74, 6) is -0.254. The summed E-state index contributed by atoms with van der Waals surface area (Å²) in [6.07, 6.45) is 2.22. The van der Waals surface area contributed by atoms with Crippen LogP contribution < -0.4 is 10.0 Å². The quantitative estimate of drug-likeness (QED) is 0.748. The van der Waals surface area contributed by atoms with Crippen molar-refractivity contribution in [3.05, 3.63) is 59.7 Å². The second-order valence-corrected chi connectivity index (χ2v) is 8.82. The number of benzene rings is 2. The largest absolute Gasteiger partial charge is 0.350 e. The van der Waals surface area contributed by atoms with Crippen molar-refractivity contribution in [2.75, 3.05) is 24.4 Å². The number of amides is 1. The molecule has 1 saturated heterocycles. The van der Waals surface area contributed by atoms with Crippen LogP contribution in [0.15, 0.2) is 53.4 Å². The Bertz CT molecular complexity index is 926. The van der Waals surface area contributed by atoms with Gasteiger partial charge in [-0.05, 0) is 63.2 Å². The molecule has 0 spiro atoms. The minimum atomic E-state index is -3.76. The van der Waals surface area contributed by atoms with E-state index in [1.54, 1.807) is 24.3 Å². The molecule has 1 aliphatic rings. The maximum absolute atomic E-state index is 12.7. The second kappa shape index (κ2) is 8.75. The summed E-state index contributed by atoms with van der Waals surface area (Å²) in [6, 6.07) is 13.6. The van der Waals surface area contributed by atoms with Gasteiger partial charge in [-0.25, -0.2) is 8.42 Å². The number of nitrogens with zero attached hydrogens (tertiary/aromatic N) is 1. The first-order valence-corrected chi connectivity index (χ1v) is 11.1. The molecule has 2 aromatic carbocycles. The fourth-order valence-corrected chi connectivity index (χ4v) is 4.60. The van der Waals surface area contributed by atoms with Crippen molar-refractivity contribution in [2.45, 2.75) is 37.6 Å². The molecule has 3 rings (SSSR count). The van der Waals surface area contributed by atoms with Crippen LogP contribution in [-0.4, -0.2) is 44.9 Å². The summed E-state index contributed by atoms with van der Waals surface area (Å²) in [7, 11) is -3.76. The first-order valence-electron chi connectivity index (χ1n) is 9.61. The summed E-state index contributed by atoms with van der Waals surface area (Å²) >= 11 is 0. The number of carbonyl (C=O) groups is 1. The van der Waals surface area contributed by atoms with Gasteiger partial charge in [0.15, 0.2) is 0 Å². The molecule has 1 aliphatic heterocycles. The van der Waals surface area contributed by atoms with Crippen molar-refractivity contribution < 1.29 is 13.2 Å². The fourth-order valence-electron chi connectivity index (χ4n) is 3.50. The Hall–Kier alpha value is -2.38. The summed E-state index contributed by atoms with van der Waals surface area (Å²) in [6.45, 7) is 6.67. The predicted molar refractivity (Wildman–Crippen MR) is 111 cm³/mol. The third kappa shape index (κ3) is 4.91. The van der Waals surface area contributed by atoms with E-state index in [4.69, 9.17) is 0 Å². The zero-order chi connectivity index (χ0) is 20.1. The van der Waals surface area contributed by atoms with E-state index >= 15 is 0 Å². The molecule has 2 N–H and O–H groups in total. The summed E-state index contributed by atoms with van der Waals surface area (Å²) in [5.41, 5.74) is 1.87. The molecule has 0 saturated carbocycles. The van der Waals surface area contributed by atoms with E-state index in [1.165, 1.54) is 12.1 Å². The van der Waals surface area contributed by atoms with Crippen LogP contribution in [0, 0.1) is 6.92 Å². The predicted octanol–water partition coefficient (Wildman–Crippen LogP) is 3.01. The highest BCUT2D eigenvalue weighted by Gasteiger charge is 2.23. The lowest BCUT2D eigenvalue weighted by Gasteiger charge is -2.22. The maximum Gasteiger partial charge on any atom is 0.261 e. The third-order valence-electron chi connectivity index (χ3n) is 5.11. The van der Waals surface area contributed by atoms with Crippen molar-refractivity contribution in [1.82, 2.24) is 10.2 Å². The lowest BCUT2D eigenvalue weighted by atomic mass is 10.2. The monoisotopic (exact) mass is 401 g/mol. The lowest BCUT2D eigenvalue weighted by molar-refractivity contribution is 0.0941. The number of aryl methyl sites for hydroxylation is 1. The van der Waals surface area contributed by atoms with E-state index in [9.17, 15) is 13.2 Å². The van der Waals surface area contributed by atoms with Gasteiger partial charge in [-0.2, -0.15) is 0 Å². The van der Waals surface area contributed by atoms with Crippen molar-refractivity contribution in [3.8, 4) is 0 Å². The highest BCUT2D eigenvalue weighted by atomic mass is 32.2. The molecule has 1 heterocycles. The number of likely N-dealkylation sites (tertiary alicyclic amines) is 1. The van der Waals surface area contributed by atoms with Crippen molar-refractivity contribution in [3.63, 3.8) is 0 Å². The lowest BCUT2D eigenvalue weighted by Crippen LogP contribution is -2.40. The normalized spacial score (nSPS) is 17.4. The van der Waals surface area contributed by atoms with Crippen LogP contribution in [0.5, 0.6) is 0 Å². The Morgan fingerprint density at radius 2 is 1.93 bits per heavy atom. The van der Waals surface area contributed by atoms with E-state index in [-0.39, 0.29) is 10.8 Å². The zero-order valence-corrected chi connectivity index (χ0v) is 17.1. The molecule has 7 heteroatoms. The molecular weight excluding hydrogens is 374 g/mol. The molecule has 0 radical (unpaired) electrons. The number of hydrogen-bond donors (Lipinski definition) is 2. The molecule has 2 aromatic rings. The van der Waals surface area contributed by atoms with Crippen LogP contribution in [0.2, 0.25) is 0 Å². The maximum atomic E-state index is 12.7. The van der Waals surface area contributed by atoms with E-state index in [2.05, 4.69) is 21.9 Å². The number of carbonyl (C=O) groups excluding carboxylic acids is 1. The van der Waals surface area contributed by atoms with Crippen LogP contribution in [-0.2, 0) is 10.0 Å². The Kier molecular flexibility index (Phi) is 6.36. The fraction of sp³-hybridized carbons (Fsp3) is 0.381. The van der Waals surface area contributed by atoms with Gasteiger partial charge < -0.3 is 5.32 Å². The Morgan fingerprint density at radius 3 is 2.64 bits per heavy atom. The number of anilines is 1. The number of hydrogen-bond acceptors (Lipinski definition) is 4. The van der Waals surface area contributed by atoms with Gasteiger partial charge in [0.1, 0.15) is 0 Å². The van der Waals surface area contributed by atoms with Gasteiger partial charge in [0.2, 0.25) is 0 Å². The van der Waals surface area contributed by atoms with Gasteiger partial charge in [0.25, 0.3) is 15.9 Å². The van der Waals surface area contributed by atoms with Gasteiger partial charge in [-0.15, -0.1) is 0 Å². The van der Waals surface area contributed by atoms with Gasteiger partial charge in [-0.3, -0.25) is 14.4 Å². The highest BCUT2D eigenvalue weighted by molar-refractivity contribution is 7.92. The van der Waals surface area contributed by atoms with E-state index in [0.717, 1.165) is 31.5 Å². The Labute approximate surface area is 167 Å². The van der Waals surface area contributed by atoms with Crippen LogP contribution in [0.3, 0.4) is 0 Å². The summed E-state index contributed by atoms with van der Waals surface area (Å²) in [5, 5.41) is 2.94. The first kappa shape index (κ1) is 20.4. The Morgan fingerprint density at radius 1 is 1.18 bits per heavy atom. The minimum Gasteiger partial charge on any atom is -0.350 e. The number of sulfonamides is 1. The smallest absolute Gasteiger partial charge is 0.261 e. The number of nitrogens with one attached hydrogen (secondary N) is 2. The van der Waals surface area contributed by atoms with Gasteiger partial charge in [-0.1, -0.05) is 30.7 Å². The molecule has 0 aliphatic carbocycles. The molecule has 150 valence electrons. The van der Waals surface area contributed by atoms with E-state index < -0.39 is 10.0 Å². The number of likely N-dealkylation sites (N-methyl/N-ethyl adjacent to an activating group) is 1. The van der Waals surface area contributed by atoms with Crippen LogP contribution in [0.25, 0.3) is 0 Å². The third-order valence-corrected chi connectivity index (χ3v) is 6.49. The van der Waals surface area contributed by atoms with Crippen molar-refractivity contribution in [1.29, 1.82) is 0 Å². The van der Waals surface area contributed by atoms with Crippen LogP contribution in [0.4, 0.5) is 5.69 Å². The molecule has 1 atom stereocenters. The molecular formula is C21H27N3O3S. The SMILES string of the molecule is CCN1CCCC1CNC(=O)c1cccc(S(=O)(=O)Nc2ccc(C)cc2)c1. The van der Waals surface area contributed by atoms with E-state index in [0.29, 0.717) is 23.8 Å². The summed E-state index contributed by atoms with van der Waals surface area (Å²) < 4.78 is 27.9. The Balaban J connectivity index is 1.68. The average Bonchev–Trinajstić information content (AvgIpc) is 3.15. The minimum absolute atomic E-state index is 0.0665. The molecule has 1 amide bonds. The second-order valence-electron chi connectivity index (χ2n) is 7.13. The van der Waals surface area contributed by atoms with Gasteiger partial charge in [0.05, 0.1) is 4.90 Å². The van der Waals surface area contributed by atoms with Crippen molar-refractivity contribution in [2.24, 2.45) is 0 Å². The van der Waals surface area contributed by atoms with Gasteiger partial charge in [0, 0.05) is 23.8 Å². The molecule has 1 fully saturated rings. The standard InChI is InChI=1S/C21H27N3O3S/c1-3-24-13-5-7-19(24)15-22-21(25)17-6-4-8-20(14-17)28(26,27)23-18-11-9-16(2)10-12-18/h4,6,8-12,14,19,23H,3,5,7,13,15H2,1-2H3,(H,22,25). The average molecular weight is 402 g/mol. The van der Waals surface area contributed by atoms with Gasteiger partial charge >= 0.3 is 0 Å². The molecule has 0 aromatic heterocycles.